The molecule has 0 aliphatic carbocycles. The number of methoxy groups -OCH3 is 1. The largest absolute Gasteiger partial charge is 0.353 e. The highest BCUT2D eigenvalue weighted by molar-refractivity contribution is 4.76. The molecule has 0 rings (SSSR count). The Morgan fingerprint density at radius 2 is 1.38 bits per heavy atom. The molecule has 0 aliphatic rings. The number of hydrogen-bond donors (Lipinski definition) is 0. The van der Waals surface area contributed by atoms with Crippen LogP contribution in [0.25, 0.3) is 0 Å². The molecule has 0 aromatic heterocycles. The first-order valence-electron chi connectivity index (χ1n) is 10.4. The molecular formula is C22H44O2. The topological polar surface area (TPSA) is 18.5 Å². The van der Waals surface area contributed by atoms with Crippen LogP contribution < -0.4 is 0 Å². The molecule has 0 spiro atoms. The summed E-state index contributed by atoms with van der Waals surface area (Å²) in [6.07, 6.45) is 21.1. The van der Waals surface area contributed by atoms with Crippen LogP contribution in [-0.4, -0.2) is 19.0 Å². The van der Waals surface area contributed by atoms with E-state index in [-0.39, 0.29) is 11.9 Å². The van der Waals surface area contributed by atoms with E-state index in [0.717, 1.165) is 12.8 Å². The number of unbranched alkanes of at least 4 members (excludes halogenated alkanes) is 9. The van der Waals surface area contributed by atoms with Crippen molar-refractivity contribution in [3.05, 3.63) is 12.2 Å². The minimum Gasteiger partial charge on any atom is -0.353 e. The van der Waals surface area contributed by atoms with Crippen LogP contribution in [-0.2, 0) is 9.47 Å². The Bertz CT molecular complexity index is 286. The second-order valence-corrected chi connectivity index (χ2v) is 7.32. The zero-order valence-electron chi connectivity index (χ0n) is 17.2. The zero-order valence-corrected chi connectivity index (χ0v) is 17.2. The van der Waals surface area contributed by atoms with Gasteiger partial charge >= 0.3 is 0 Å². The predicted molar refractivity (Wildman–Crippen MR) is 106 cm³/mol. The molecule has 0 heterocycles. The summed E-state index contributed by atoms with van der Waals surface area (Å²) in [5.41, 5.74) is 0. The van der Waals surface area contributed by atoms with Gasteiger partial charge in [0, 0.05) is 20.0 Å². The predicted octanol–water partition coefficient (Wildman–Crippen LogP) is 7.42. The van der Waals surface area contributed by atoms with Crippen LogP contribution in [0.4, 0.5) is 0 Å². The third kappa shape index (κ3) is 13.0. The summed E-state index contributed by atoms with van der Waals surface area (Å²) in [5.74, 6) is -0.350. The Kier molecular flexibility index (Phi) is 15.9. The van der Waals surface area contributed by atoms with Crippen molar-refractivity contribution < 1.29 is 9.47 Å². The summed E-state index contributed by atoms with van der Waals surface area (Å²) in [5, 5.41) is 0. The van der Waals surface area contributed by atoms with E-state index in [1.165, 1.54) is 70.6 Å². The van der Waals surface area contributed by atoms with Gasteiger partial charge in [0.1, 0.15) is 0 Å². The highest BCUT2D eigenvalue weighted by Crippen LogP contribution is 2.29. The van der Waals surface area contributed by atoms with E-state index in [0.29, 0.717) is 0 Å². The lowest BCUT2D eigenvalue weighted by Crippen LogP contribution is -2.37. The maximum atomic E-state index is 6.15. The van der Waals surface area contributed by atoms with Gasteiger partial charge in [-0.1, -0.05) is 64.0 Å². The number of rotatable bonds is 17. The smallest absolute Gasteiger partial charge is 0.168 e. The molecule has 2 heteroatoms. The van der Waals surface area contributed by atoms with Crippen LogP contribution in [0.5, 0.6) is 0 Å². The van der Waals surface area contributed by atoms with Crippen LogP contribution in [0.2, 0.25) is 0 Å². The molecule has 0 saturated heterocycles. The third-order valence-electron chi connectivity index (χ3n) is 4.65. The van der Waals surface area contributed by atoms with E-state index in [1.807, 2.05) is 7.11 Å². The maximum Gasteiger partial charge on any atom is 0.168 e. The highest BCUT2D eigenvalue weighted by atomic mass is 16.7. The zero-order chi connectivity index (χ0) is 18.1. The van der Waals surface area contributed by atoms with Gasteiger partial charge < -0.3 is 9.47 Å². The quantitative estimate of drug-likeness (QED) is 0.156. The van der Waals surface area contributed by atoms with Gasteiger partial charge in [-0.2, -0.15) is 0 Å². The Labute approximate surface area is 152 Å². The fraction of sp³-hybridized carbons (Fsp3) is 0.909. The average molecular weight is 341 g/mol. The molecule has 0 aromatic rings. The average Bonchev–Trinajstić information content (AvgIpc) is 2.57. The molecule has 2 nitrogen and oxygen atoms in total. The first kappa shape index (κ1) is 23.7. The van der Waals surface area contributed by atoms with Crippen LogP contribution >= 0.6 is 0 Å². The molecule has 1 atom stereocenters. The Morgan fingerprint density at radius 1 is 0.833 bits per heavy atom. The van der Waals surface area contributed by atoms with Crippen LogP contribution in [0.15, 0.2) is 12.2 Å². The molecule has 0 amide bonds. The van der Waals surface area contributed by atoms with Crippen LogP contribution in [0.3, 0.4) is 0 Å². The standard InChI is InChI=1S/C22H44O2/c1-6-8-10-11-12-13-14-15-16-17-18-20-22(23-5,19-9-7-2)24-21(3)4/h6,8,21H,7,9-20H2,1-5H3/b8-6+. The van der Waals surface area contributed by atoms with Crippen molar-refractivity contribution in [3.8, 4) is 0 Å². The summed E-state index contributed by atoms with van der Waals surface area (Å²) in [6.45, 7) is 8.55. The van der Waals surface area contributed by atoms with E-state index in [1.54, 1.807) is 0 Å². The maximum absolute atomic E-state index is 6.15. The van der Waals surface area contributed by atoms with Gasteiger partial charge in [0.25, 0.3) is 0 Å². The minimum absolute atomic E-state index is 0.226. The lowest BCUT2D eigenvalue weighted by atomic mass is 9.99. The molecule has 0 bridgehead atoms. The third-order valence-corrected chi connectivity index (χ3v) is 4.65. The second-order valence-electron chi connectivity index (χ2n) is 7.32. The molecule has 1 unspecified atom stereocenters. The monoisotopic (exact) mass is 340 g/mol. The van der Waals surface area contributed by atoms with Crippen LogP contribution in [0, 0.1) is 0 Å². The first-order valence-corrected chi connectivity index (χ1v) is 10.4. The van der Waals surface area contributed by atoms with Gasteiger partial charge in [0.2, 0.25) is 0 Å². The number of ether oxygens (including phenoxy) is 2. The van der Waals surface area contributed by atoms with Gasteiger partial charge in [0.05, 0.1) is 6.10 Å². The molecule has 0 radical (unpaired) electrons. The molecule has 0 saturated carbocycles. The van der Waals surface area contributed by atoms with Gasteiger partial charge in [-0.05, 0) is 46.5 Å². The first-order chi connectivity index (χ1) is 11.6. The van der Waals surface area contributed by atoms with Crippen molar-refractivity contribution in [1.82, 2.24) is 0 Å². The minimum atomic E-state index is -0.350. The van der Waals surface area contributed by atoms with E-state index in [9.17, 15) is 0 Å². The summed E-state index contributed by atoms with van der Waals surface area (Å²) < 4.78 is 12.0. The van der Waals surface area contributed by atoms with E-state index >= 15 is 0 Å². The Morgan fingerprint density at radius 3 is 1.88 bits per heavy atom. The van der Waals surface area contributed by atoms with Gasteiger partial charge in [-0.3, -0.25) is 0 Å². The lowest BCUT2D eigenvalue weighted by molar-refractivity contribution is -0.248. The van der Waals surface area contributed by atoms with Crippen molar-refractivity contribution >= 4 is 0 Å². The van der Waals surface area contributed by atoms with Gasteiger partial charge in [0.15, 0.2) is 5.79 Å². The lowest BCUT2D eigenvalue weighted by Gasteiger charge is -2.34. The van der Waals surface area contributed by atoms with Crippen molar-refractivity contribution in [2.75, 3.05) is 7.11 Å². The SMILES string of the molecule is C/C=C/CCCCCCCCCCC(CCCC)(OC)OC(C)C. The second kappa shape index (κ2) is 16.1. The Hall–Kier alpha value is -0.340. The summed E-state index contributed by atoms with van der Waals surface area (Å²) in [7, 11) is 1.81. The number of hydrogen-bond acceptors (Lipinski definition) is 2. The normalized spacial score (nSPS) is 14.6. The molecule has 0 fully saturated rings. The van der Waals surface area contributed by atoms with Crippen molar-refractivity contribution in [2.24, 2.45) is 0 Å². The van der Waals surface area contributed by atoms with E-state index < -0.39 is 0 Å². The molecule has 0 aromatic carbocycles. The summed E-state index contributed by atoms with van der Waals surface area (Å²) in [4.78, 5) is 0. The fourth-order valence-corrected chi connectivity index (χ4v) is 3.25. The van der Waals surface area contributed by atoms with Crippen molar-refractivity contribution in [2.45, 2.75) is 123 Å². The molecule has 0 N–H and O–H groups in total. The van der Waals surface area contributed by atoms with Crippen molar-refractivity contribution in [3.63, 3.8) is 0 Å². The molecule has 0 aliphatic heterocycles. The van der Waals surface area contributed by atoms with Crippen LogP contribution in [0.1, 0.15) is 111 Å². The number of allylic oxidation sites excluding steroid dienone is 2. The van der Waals surface area contributed by atoms with E-state index in [4.69, 9.17) is 9.47 Å². The summed E-state index contributed by atoms with van der Waals surface area (Å²) >= 11 is 0. The Balaban J connectivity index is 3.79. The molecule has 144 valence electrons. The summed E-state index contributed by atoms with van der Waals surface area (Å²) in [6, 6.07) is 0. The molecule has 24 heavy (non-hydrogen) atoms. The highest BCUT2D eigenvalue weighted by Gasteiger charge is 2.30. The van der Waals surface area contributed by atoms with Gasteiger partial charge in [-0.15, -0.1) is 0 Å². The fourth-order valence-electron chi connectivity index (χ4n) is 3.25. The molecular weight excluding hydrogens is 296 g/mol. The van der Waals surface area contributed by atoms with Gasteiger partial charge in [-0.25, -0.2) is 0 Å². The van der Waals surface area contributed by atoms with Crippen molar-refractivity contribution in [1.29, 1.82) is 0 Å². The van der Waals surface area contributed by atoms with E-state index in [2.05, 4.69) is 39.8 Å².